The van der Waals surface area contributed by atoms with E-state index in [2.05, 4.69) is 32.9 Å². The van der Waals surface area contributed by atoms with Crippen LogP contribution in [0, 0.1) is 20.8 Å². The summed E-state index contributed by atoms with van der Waals surface area (Å²) in [6, 6.07) is 18.0. The van der Waals surface area contributed by atoms with Crippen LogP contribution in [0.1, 0.15) is 53.3 Å². The van der Waals surface area contributed by atoms with E-state index in [4.69, 9.17) is 26.4 Å². The number of hydrogen-bond acceptors (Lipinski definition) is 7. The number of rotatable bonds is 10. The normalized spacial score (nSPS) is 14.9. The molecule has 1 heterocycles. The summed E-state index contributed by atoms with van der Waals surface area (Å²) in [6.45, 7) is 11.0. The topological polar surface area (TPSA) is 65.1 Å². The minimum Gasteiger partial charge on any atom is -0.490 e. The van der Waals surface area contributed by atoms with Gasteiger partial charge in [0.1, 0.15) is 10.9 Å². The van der Waals surface area contributed by atoms with Crippen LogP contribution >= 0.6 is 24.0 Å². The molecular weight excluding hydrogens is 542 g/mol. The molecule has 4 rings (SSSR count). The number of benzene rings is 3. The Hall–Kier alpha value is -3.62. The van der Waals surface area contributed by atoms with E-state index in [1.165, 1.54) is 21.6 Å². The SMILES string of the molecule is CCOC(=O)C(c1ccccc1)N1C(=O)/C(=C\c2ccc(OCc3cc(C)c(C)cc3C)c(OCC)c2)SC1=S. The minimum absolute atomic E-state index is 0.199. The molecule has 3 aromatic rings. The van der Waals surface area contributed by atoms with Gasteiger partial charge in [0.2, 0.25) is 0 Å². The van der Waals surface area contributed by atoms with Gasteiger partial charge in [-0.25, -0.2) is 4.79 Å². The Kier molecular flexibility index (Phi) is 9.66. The molecule has 208 valence electrons. The molecule has 0 bridgehead atoms. The van der Waals surface area contributed by atoms with Gasteiger partial charge < -0.3 is 14.2 Å². The number of carbonyl (C=O) groups excluding carboxylic acids is 2. The summed E-state index contributed by atoms with van der Waals surface area (Å²) in [5.41, 5.74) is 6.16. The first-order valence-corrected chi connectivity index (χ1v) is 14.4. The van der Waals surface area contributed by atoms with Gasteiger partial charge in [-0.05, 0) is 86.2 Å². The predicted octanol–water partition coefficient (Wildman–Crippen LogP) is 7.10. The summed E-state index contributed by atoms with van der Waals surface area (Å²) >= 11 is 6.72. The first-order chi connectivity index (χ1) is 19.2. The zero-order chi connectivity index (χ0) is 28.8. The van der Waals surface area contributed by atoms with Crippen molar-refractivity contribution in [2.24, 2.45) is 0 Å². The number of thioether (sulfide) groups is 1. The predicted molar refractivity (Wildman–Crippen MR) is 163 cm³/mol. The van der Waals surface area contributed by atoms with E-state index in [9.17, 15) is 9.59 Å². The summed E-state index contributed by atoms with van der Waals surface area (Å²) in [7, 11) is 0. The fourth-order valence-corrected chi connectivity index (χ4v) is 5.75. The van der Waals surface area contributed by atoms with Crippen molar-refractivity contribution in [3.63, 3.8) is 0 Å². The van der Waals surface area contributed by atoms with Gasteiger partial charge in [-0.1, -0.05) is 72.5 Å². The van der Waals surface area contributed by atoms with Crippen LogP contribution in [0.15, 0.2) is 65.6 Å². The fraction of sp³-hybridized carbons (Fsp3) is 0.281. The molecule has 1 fully saturated rings. The molecule has 1 aliphatic rings. The first kappa shape index (κ1) is 29.4. The van der Waals surface area contributed by atoms with E-state index in [1.54, 1.807) is 25.1 Å². The Morgan fingerprint density at radius 3 is 2.35 bits per heavy atom. The van der Waals surface area contributed by atoms with Crippen LogP contribution in [0.25, 0.3) is 6.08 Å². The molecule has 0 saturated carbocycles. The molecule has 1 atom stereocenters. The molecular formula is C32H33NO5S2. The van der Waals surface area contributed by atoms with Crippen LogP contribution in [-0.2, 0) is 20.9 Å². The molecule has 8 heteroatoms. The molecule has 1 aliphatic heterocycles. The highest BCUT2D eigenvalue weighted by Crippen LogP contribution is 2.39. The number of thiocarbonyl (C=S) groups is 1. The van der Waals surface area contributed by atoms with Crippen LogP contribution < -0.4 is 9.47 Å². The third kappa shape index (κ3) is 6.57. The van der Waals surface area contributed by atoms with Crippen LogP contribution in [0.2, 0.25) is 0 Å². The number of carbonyl (C=O) groups is 2. The maximum Gasteiger partial charge on any atom is 0.333 e. The second-order valence-electron chi connectivity index (χ2n) is 9.41. The van der Waals surface area contributed by atoms with Gasteiger partial charge in [0, 0.05) is 0 Å². The minimum atomic E-state index is -0.955. The quantitative estimate of drug-likeness (QED) is 0.145. The summed E-state index contributed by atoms with van der Waals surface area (Å²) in [5, 5.41) is 0. The van der Waals surface area contributed by atoms with Crippen LogP contribution in [0.5, 0.6) is 11.5 Å². The Balaban J connectivity index is 1.59. The van der Waals surface area contributed by atoms with Crippen molar-refractivity contribution in [2.45, 2.75) is 47.3 Å². The molecule has 0 aromatic heterocycles. The fourth-order valence-electron chi connectivity index (χ4n) is 4.43. The second-order valence-corrected chi connectivity index (χ2v) is 11.1. The van der Waals surface area contributed by atoms with Gasteiger partial charge >= 0.3 is 5.97 Å². The zero-order valence-corrected chi connectivity index (χ0v) is 25.0. The number of aryl methyl sites for hydroxylation is 3. The number of esters is 1. The third-order valence-electron chi connectivity index (χ3n) is 6.61. The van der Waals surface area contributed by atoms with E-state index in [0.717, 1.165) is 22.9 Å². The van der Waals surface area contributed by atoms with E-state index >= 15 is 0 Å². The van der Waals surface area contributed by atoms with E-state index in [0.29, 0.717) is 39.5 Å². The van der Waals surface area contributed by atoms with Crippen molar-refractivity contribution in [3.05, 3.63) is 98.9 Å². The molecule has 0 N–H and O–H groups in total. The van der Waals surface area contributed by atoms with Crippen molar-refractivity contribution < 1.29 is 23.8 Å². The van der Waals surface area contributed by atoms with Gasteiger partial charge in [0.25, 0.3) is 5.91 Å². The highest BCUT2D eigenvalue weighted by molar-refractivity contribution is 8.26. The smallest absolute Gasteiger partial charge is 0.333 e. The maximum absolute atomic E-state index is 13.5. The lowest BCUT2D eigenvalue weighted by Gasteiger charge is -2.25. The molecule has 1 amide bonds. The molecule has 6 nitrogen and oxygen atoms in total. The highest BCUT2D eigenvalue weighted by atomic mass is 32.2. The van der Waals surface area contributed by atoms with Gasteiger partial charge in [-0.3, -0.25) is 9.69 Å². The average Bonchev–Trinajstić information content (AvgIpc) is 3.20. The molecule has 3 aromatic carbocycles. The summed E-state index contributed by atoms with van der Waals surface area (Å²) < 4.78 is 17.6. The zero-order valence-electron chi connectivity index (χ0n) is 23.4. The Morgan fingerprint density at radius 1 is 0.925 bits per heavy atom. The Morgan fingerprint density at radius 2 is 1.65 bits per heavy atom. The van der Waals surface area contributed by atoms with Crippen molar-refractivity contribution in [1.29, 1.82) is 0 Å². The van der Waals surface area contributed by atoms with Gasteiger partial charge in [0.15, 0.2) is 17.5 Å². The summed E-state index contributed by atoms with van der Waals surface area (Å²) in [6.07, 6.45) is 1.76. The van der Waals surface area contributed by atoms with Crippen molar-refractivity contribution in [3.8, 4) is 11.5 Å². The standard InChI is InChI=1S/C32H33NO5S2/c1-6-36-27-17-23(13-14-26(27)38-19-25-16-21(4)20(3)15-22(25)5)18-28-30(34)33(32(39)40-28)29(31(35)37-7-2)24-11-9-8-10-12-24/h8-18,29H,6-7,19H2,1-5H3/b28-18+. The van der Waals surface area contributed by atoms with E-state index < -0.39 is 12.0 Å². The number of hydrogen-bond donors (Lipinski definition) is 0. The van der Waals surface area contributed by atoms with Crippen LogP contribution in [-0.4, -0.2) is 34.3 Å². The van der Waals surface area contributed by atoms with Crippen molar-refractivity contribution in [1.82, 2.24) is 4.90 Å². The largest absolute Gasteiger partial charge is 0.490 e. The van der Waals surface area contributed by atoms with Gasteiger partial charge in [-0.2, -0.15) is 0 Å². The number of ether oxygens (including phenoxy) is 3. The van der Waals surface area contributed by atoms with Gasteiger partial charge in [-0.15, -0.1) is 0 Å². The summed E-state index contributed by atoms with van der Waals surface area (Å²) in [4.78, 5) is 28.2. The van der Waals surface area contributed by atoms with Crippen LogP contribution in [0.4, 0.5) is 0 Å². The van der Waals surface area contributed by atoms with Crippen molar-refractivity contribution in [2.75, 3.05) is 13.2 Å². The monoisotopic (exact) mass is 575 g/mol. The highest BCUT2D eigenvalue weighted by Gasteiger charge is 2.42. The molecule has 40 heavy (non-hydrogen) atoms. The van der Waals surface area contributed by atoms with E-state index in [-0.39, 0.29) is 12.5 Å². The first-order valence-electron chi connectivity index (χ1n) is 13.2. The third-order valence-corrected chi connectivity index (χ3v) is 7.94. The second kappa shape index (κ2) is 13.2. The van der Waals surface area contributed by atoms with Crippen molar-refractivity contribution >= 4 is 46.3 Å². The molecule has 0 radical (unpaired) electrons. The molecule has 1 unspecified atom stereocenters. The maximum atomic E-state index is 13.5. The van der Waals surface area contributed by atoms with E-state index in [1.807, 2.05) is 43.3 Å². The number of nitrogens with zero attached hydrogens (tertiary/aromatic N) is 1. The lowest BCUT2D eigenvalue weighted by Crippen LogP contribution is -2.38. The lowest BCUT2D eigenvalue weighted by atomic mass is 10.0. The Labute approximate surface area is 245 Å². The Bertz CT molecular complexity index is 1450. The number of amides is 1. The van der Waals surface area contributed by atoms with Gasteiger partial charge in [0.05, 0.1) is 18.1 Å². The molecule has 1 saturated heterocycles. The van der Waals surface area contributed by atoms with Crippen LogP contribution in [0.3, 0.4) is 0 Å². The summed E-state index contributed by atoms with van der Waals surface area (Å²) in [5.74, 6) is 0.336. The lowest BCUT2D eigenvalue weighted by molar-refractivity contribution is -0.151. The molecule has 0 aliphatic carbocycles. The average molecular weight is 576 g/mol. The molecule has 0 spiro atoms.